The Kier molecular flexibility index (Phi) is 45.9. The van der Waals surface area contributed by atoms with Crippen molar-refractivity contribution in [3.8, 4) is 0 Å². The van der Waals surface area contributed by atoms with Gasteiger partial charge in [-0.1, -0.05) is 197 Å². The van der Waals surface area contributed by atoms with Crippen molar-refractivity contribution in [1.82, 2.24) is 0 Å². The molecule has 0 aliphatic heterocycles. The monoisotopic (exact) mass is 909 g/mol. The molecule has 0 heterocycles. The highest BCUT2D eigenvalue weighted by Gasteiger charge is 2.27. The lowest BCUT2D eigenvalue weighted by atomic mass is 10.0. The maximum atomic E-state index is 12.6. The molecule has 10 nitrogen and oxygen atoms in total. The van der Waals surface area contributed by atoms with Crippen molar-refractivity contribution < 1.29 is 47.8 Å². The van der Waals surface area contributed by atoms with Crippen LogP contribution in [0.2, 0.25) is 0 Å². The van der Waals surface area contributed by atoms with Gasteiger partial charge in [0.2, 0.25) is 0 Å². The quantitative estimate of drug-likeness (QED) is 0.0233. The van der Waals surface area contributed by atoms with E-state index < -0.39 is 51.8 Å². The summed E-state index contributed by atoms with van der Waals surface area (Å²) in [5, 5.41) is 18.4. The van der Waals surface area contributed by atoms with Gasteiger partial charge in [0.05, 0.1) is 19.8 Å². The molecular formula is C52H93O10P. The average molecular weight is 909 g/mol. The zero-order valence-electron chi connectivity index (χ0n) is 40.0. The lowest BCUT2D eigenvalue weighted by molar-refractivity contribution is -0.161. The van der Waals surface area contributed by atoms with Crippen LogP contribution in [0.5, 0.6) is 0 Å². The van der Waals surface area contributed by atoms with Gasteiger partial charge < -0.3 is 24.6 Å². The van der Waals surface area contributed by atoms with Gasteiger partial charge in [-0.2, -0.15) is 0 Å². The second-order valence-electron chi connectivity index (χ2n) is 16.8. The van der Waals surface area contributed by atoms with Gasteiger partial charge in [0.1, 0.15) is 12.7 Å². The molecule has 0 aliphatic rings. The fourth-order valence-electron chi connectivity index (χ4n) is 6.76. The lowest BCUT2D eigenvalue weighted by Crippen LogP contribution is -2.29. The van der Waals surface area contributed by atoms with Crippen LogP contribution in [0.25, 0.3) is 0 Å². The van der Waals surface area contributed by atoms with Crippen LogP contribution in [0.1, 0.15) is 219 Å². The van der Waals surface area contributed by atoms with Gasteiger partial charge in [0.25, 0.3) is 0 Å². The Bertz CT molecular complexity index is 1230. The molecule has 0 aromatic heterocycles. The third-order valence-electron chi connectivity index (χ3n) is 10.6. The highest BCUT2D eigenvalue weighted by atomic mass is 31.2. The van der Waals surface area contributed by atoms with Crippen LogP contribution in [0, 0.1) is 0 Å². The number of carbonyl (C=O) groups excluding carboxylic acids is 2. The Balaban J connectivity index is 4.26. The Hall–Kier alpha value is -2.33. The molecule has 0 fully saturated rings. The van der Waals surface area contributed by atoms with Crippen LogP contribution in [-0.4, -0.2) is 65.7 Å². The maximum Gasteiger partial charge on any atom is 0.472 e. The smallest absolute Gasteiger partial charge is 0.462 e. The van der Waals surface area contributed by atoms with Gasteiger partial charge >= 0.3 is 19.8 Å². The second-order valence-corrected chi connectivity index (χ2v) is 18.3. The molecule has 0 spiro atoms. The van der Waals surface area contributed by atoms with Crippen LogP contribution in [-0.2, 0) is 32.7 Å². The summed E-state index contributed by atoms with van der Waals surface area (Å²) in [6, 6.07) is 0. The summed E-state index contributed by atoms with van der Waals surface area (Å²) in [5.41, 5.74) is 0. The SMILES string of the molecule is CCCCC/C=C/C/C=C/C/C=C/C/C=C/CCCC(=O)O[C@@H](COC(=O)CCC/C=C/CCCCCCCCCCCCCCCCCCCC)COP(=O)(O)OC[C@H](O)CO. The molecule has 11 heteroatoms. The number of aliphatic hydroxyl groups is 2. The molecule has 0 aromatic rings. The summed E-state index contributed by atoms with van der Waals surface area (Å²) in [6.07, 6.45) is 55.0. The van der Waals surface area contributed by atoms with Gasteiger partial charge in [-0.3, -0.25) is 18.6 Å². The molecule has 0 aromatic carbocycles. The summed E-state index contributed by atoms with van der Waals surface area (Å²) >= 11 is 0. The number of phosphoric acid groups is 1. The summed E-state index contributed by atoms with van der Waals surface area (Å²) in [5.74, 6) is -1.03. The Morgan fingerprint density at radius 2 is 0.825 bits per heavy atom. The summed E-state index contributed by atoms with van der Waals surface area (Å²) < 4.78 is 32.7. The van der Waals surface area contributed by atoms with Gasteiger partial charge in [-0.25, -0.2) is 4.57 Å². The first-order valence-electron chi connectivity index (χ1n) is 25.2. The standard InChI is InChI=1S/C52H93O10P/c1-3-5-7-9-11-13-15-17-19-21-22-23-24-25-26-28-29-31-33-35-37-39-41-43-51(55)59-47-50(48-61-63(57,58)60-46-49(54)45-53)62-52(56)44-42-40-38-36-34-32-30-27-20-18-16-14-12-10-8-6-4-2/h12,14,18,20,30,32,35-38,49-50,53-54H,3-11,13,15-17,19,21-29,31,33-34,39-48H2,1-2H3,(H,57,58)/b14-12+,20-18+,32-30+,37-35+,38-36+/t49-,50+/m1/s1. The molecule has 3 atom stereocenters. The van der Waals surface area contributed by atoms with E-state index >= 15 is 0 Å². The first-order chi connectivity index (χ1) is 30.7. The fourth-order valence-corrected chi connectivity index (χ4v) is 7.55. The van der Waals surface area contributed by atoms with Crippen molar-refractivity contribution in [2.45, 2.75) is 232 Å². The number of rotatable bonds is 47. The Morgan fingerprint density at radius 3 is 1.29 bits per heavy atom. The highest BCUT2D eigenvalue weighted by molar-refractivity contribution is 7.47. The number of allylic oxidation sites excluding steroid dienone is 10. The predicted molar refractivity (Wildman–Crippen MR) is 260 cm³/mol. The fraction of sp³-hybridized carbons (Fsp3) is 0.769. The van der Waals surface area contributed by atoms with E-state index in [1.54, 1.807) is 0 Å². The number of esters is 2. The van der Waals surface area contributed by atoms with Crippen molar-refractivity contribution >= 4 is 19.8 Å². The summed E-state index contributed by atoms with van der Waals surface area (Å²) in [4.78, 5) is 35.1. The molecule has 3 N–H and O–H groups in total. The maximum absolute atomic E-state index is 12.6. The zero-order chi connectivity index (χ0) is 46.2. The van der Waals surface area contributed by atoms with E-state index in [4.69, 9.17) is 23.6 Å². The zero-order valence-corrected chi connectivity index (χ0v) is 40.9. The minimum absolute atomic E-state index is 0.101. The number of hydrogen-bond acceptors (Lipinski definition) is 9. The minimum Gasteiger partial charge on any atom is -0.462 e. The van der Waals surface area contributed by atoms with Gasteiger partial charge in [-0.15, -0.1) is 0 Å². The van der Waals surface area contributed by atoms with E-state index in [2.05, 4.69) is 62.5 Å². The molecule has 0 aliphatic carbocycles. The molecular weight excluding hydrogens is 816 g/mol. The lowest BCUT2D eigenvalue weighted by Gasteiger charge is -2.20. The first-order valence-corrected chi connectivity index (χ1v) is 26.7. The van der Waals surface area contributed by atoms with E-state index in [0.717, 1.165) is 38.5 Å². The topological polar surface area (TPSA) is 149 Å². The summed E-state index contributed by atoms with van der Waals surface area (Å²) in [7, 11) is -4.64. The molecule has 0 rings (SSSR count). The Morgan fingerprint density at radius 1 is 0.476 bits per heavy atom. The highest BCUT2D eigenvalue weighted by Crippen LogP contribution is 2.43. The number of hydrogen-bond donors (Lipinski definition) is 3. The van der Waals surface area contributed by atoms with Crippen molar-refractivity contribution in [3.63, 3.8) is 0 Å². The van der Waals surface area contributed by atoms with E-state index in [0.29, 0.717) is 19.3 Å². The number of carbonyl (C=O) groups is 2. The van der Waals surface area contributed by atoms with E-state index in [-0.39, 0.29) is 19.4 Å². The summed E-state index contributed by atoms with van der Waals surface area (Å²) in [6.45, 7) is 2.28. The number of aliphatic hydroxyl groups excluding tert-OH is 2. The number of ether oxygens (including phenoxy) is 2. The van der Waals surface area contributed by atoms with Crippen molar-refractivity contribution in [2.75, 3.05) is 26.4 Å². The van der Waals surface area contributed by atoms with E-state index in [1.165, 1.54) is 135 Å². The van der Waals surface area contributed by atoms with Crippen molar-refractivity contribution in [2.24, 2.45) is 0 Å². The van der Waals surface area contributed by atoms with Crippen LogP contribution in [0.4, 0.5) is 0 Å². The van der Waals surface area contributed by atoms with Gasteiger partial charge in [-0.05, 0) is 70.6 Å². The van der Waals surface area contributed by atoms with Crippen molar-refractivity contribution in [3.05, 3.63) is 60.8 Å². The molecule has 0 saturated carbocycles. The molecule has 1 unspecified atom stereocenters. The predicted octanol–water partition coefficient (Wildman–Crippen LogP) is 14.2. The largest absolute Gasteiger partial charge is 0.472 e. The van der Waals surface area contributed by atoms with Gasteiger partial charge in [0.15, 0.2) is 6.10 Å². The molecule has 0 bridgehead atoms. The third kappa shape index (κ3) is 47.5. The number of phosphoric ester groups is 1. The average Bonchev–Trinajstić information content (AvgIpc) is 3.27. The molecule has 0 amide bonds. The van der Waals surface area contributed by atoms with E-state index in [9.17, 15) is 24.2 Å². The second kappa shape index (κ2) is 47.6. The third-order valence-corrected chi connectivity index (χ3v) is 11.6. The van der Waals surface area contributed by atoms with E-state index in [1.807, 2.05) is 12.2 Å². The number of unbranched alkanes of at least 4 members (excludes halogenated alkanes) is 23. The minimum atomic E-state index is -4.64. The van der Waals surface area contributed by atoms with Crippen molar-refractivity contribution in [1.29, 1.82) is 0 Å². The molecule has 0 radical (unpaired) electrons. The van der Waals surface area contributed by atoms with Crippen LogP contribution < -0.4 is 0 Å². The molecule has 366 valence electrons. The van der Waals surface area contributed by atoms with Gasteiger partial charge in [0, 0.05) is 12.8 Å². The van der Waals surface area contributed by atoms with Crippen LogP contribution in [0.15, 0.2) is 60.8 Å². The molecule has 63 heavy (non-hydrogen) atoms. The van der Waals surface area contributed by atoms with Crippen LogP contribution in [0.3, 0.4) is 0 Å². The first kappa shape index (κ1) is 60.7. The normalized spacial score (nSPS) is 14.2. The van der Waals surface area contributed by atoms with Crippen LogP contribution >= 0.6 is 7.82 Å². The Labute approximate surface area is 385 Å². The molecule has 0 saturated heterocycles.